The minimum Gasteiger partial charge on any atom is -0.314 e. The van der Waals surface area contributed by atoms with Gasteiger partial charge in [-0.05, 0) is 35.9 Å². The van der Waals surface area contributed by atoms with Crippen molar-refractivity contribution in [1.29, 1.82) is 0 Å². The lowest BCUT2D eigenvalue weighted by atomic mass is 10.2. The highest BCUT2D eigenvalue weighted by atomic mass is 35.5. The Balaban J connectivity index is 1.89. The lowest BCUT2D eigenvalue weighted by Crippen LogP contribution is -2.02. The van der Waals surface area contributed by atoms with Gasteiger partial charge in [0.15, 0.2) is 0 Å². The predicted molar refractivity (Wildman–Crippen MR) is 72.7 cm³/mol. The third-order valence-electron chi connectivity index (χ3n) is 2.93. The number of rotatable bonds is 3. The second-order valence-corrected chi connectivity index (χ2v) is 4.43. The number of pyridine rings is 1. The summed E-state index contributed by atoms with van der Waals surface area (Å²) in [5.74, 6) is 0. The number of nitrogens with zero attached hydrogens (tertiary/aromatic N) is 3. The first kappa shape index (κ1) is 11.2. The molecule has 0 aliphatic carbocycles. The maximum Gasteiger partial charge on any atom is 0.203 e. The average molecular weight is 258 g/mol. The highest BCUT2D eigenvalue weighted by molar-refractivity contribution is 6.29. The largest absolute Gasteiger partial charge is 0.314 e. The van der Waals surface area contributed by atoms with E-state index in [0.717, 1.165) is 29.7 Å². The van der Waals surface area contributed by atoms with E-state index in [4.69, 9.17) is 11.6 Å². The Kier molecular flexibility index (Phi) is 2.99. The quantitative estimate of drug-likeness (QED) is 0.721. The van der Waals surface area contributed by atoms with Gasteiger partial charge in [0.1, 0.15) is 0 Å². The van der Waals surface area contributed by atoms with E-state index >= 15 is 0 Å². The molecule has 18 heavy (non-hydrogen) atoms. The fourth-order valence-corrected chi connectivity index (χ4v) is 2.30. The number of aromatic nitrogens is 3. The second-order valence-electron chi connectivity index (χ2n) is 4.09. The smallest absolute Gasteiger partial charge is 0.203 e. The minimum absolute atomic E-state index is 0.534. The third kappa shape index (κ3) is 2.09. The van der Waals surface area contributed by atoms with Crippen molar-refractivity contribution < 1.29 is 0 Å². The van der Waals surface area contributed by atoms with E-state index in [0.29, 0.717) is 5.28 Å². The number of hydrogen-bond acceptors (Lipinski definition) is 2. The van der Waals surface area contributed by atoms with E-state index in [2.05, 4.69) is 9.97 Å². The third-order valence-corrected chi connectivity index (χ3v) is 3.21. The Labute approximate surface area is 110 Å². The van der Waals surface area contributed by atoms with Crippen molar-refractivity contribution in [2.45, 2.75) is 13.0 Å². The van der Waals surface area contributed by atoms with Crippen LogP contribution in [-0.2, 0) is 13.0 Å². The number of imidazole rings is 1. The summed E-state index contributed by atoms with van der Waals surface area (Å²) in [5.41, 5.74) is 3.06. The standard InChI is InChI=1S/C14H12ClN3/c15-14-17-12-6-1-2-7-13(12)18(14)10-8-11-5-3-4-9-16-11/h1-7,9H,8,10H2. The maximum absolute atomic E-state index is 6.17. The van der Waals surface area contributed by atoms with Gasteiger partial charge in [-0.25, -0.2) is 4.98 Å². The fourth-order valence-electron chi connectivity index (χ4n) is 2.03. The van der Waals surface area contributed by atoms with Gasteiger partial charge in [0.05, 0.1) is 11.0 Å². The number of halogens is 1. The van der Waals surface area contributed by atoms with Gasteiger partial charge >= 0.3 is 0 Å². The van der Waals surface area contributed by atoms with Crippen LogP contribution in [0.3, 0.4) is 0 Å². The van der Waals surface area contributed by atoms with Gasteiger partial charge in [-0.15, -0.1) is 0 Å². The lowest BCUT2D eigenvalue weighted by molar-refractivity contribution is 0.704. The summed E-state index contributed by atoms with van der Waals surface area (Å²) in [4.78, 5) is 8.64. The number of fused-ring (bicyclic) bond motifs is 1. The lowest BCUT2D eigenvalue weighted by Gasteiger charge is -2.05. The maximum atomic E-state index is 6.17. The normalized spacial score (nSPS) is 10.9. The molecule has 0 saturated heterocycles. The molecule has 3 aromatic rings. The molecular weight excluding hydrogens is 246 g/mol. The molecule has 3 nitrogen and oxygen atoms in total. The molecule has 4 heteroatoms. The summed E-state index contributed by atoms with van der Waals surface area (Å²) < 4.78 is 2.02. The van der Waals surface area contributed by atoms with Gasteiger partial charge in [0.25, 0.3) is 0 Å². The van der Waals surface area contributed by atoms with E-state index in [1.54, 1.807) is 0 Å². The van der Waals surface area contributed by atoms with Crippen LogP contribution in [0.15, 0.2) is 48.7 Å². The van der Waals surface area contributed by atoms with E-state index < -0.39 is 0 Å². The van der Waals surface area contributed by atoms with Gasteiger partial charge < -0.3 is 4.57 Å². The molecule has 0 amide bonds. The van der Waals surface area contributed by atoms with Crippen LogP contribution in [-0.4, -0.2) is 14.5 Å². The van der Waals surface area contributed by atoms with Crippen molar-refractivity contribution in [3.63, 3.8) is 0 Å². The molecule has 0 fully saturated rings. The molecule has 1 aromatic carbocycles. The highest BCUT2D eigenvalue weighted by Gasteiger charge is 2.07. The summed E-state index contributed by atoms with van der Waals surface area (Å²) >= 11 is 6.17. The first-order chi connectivity index (χ1) is 8.84. The minimum atomic E-state index is 0.534. The fraction of sp³-hybridized carbons (Fsp3) is 0.143. The summed E-state index contributed by atoms with van der Waals surface area (Å²) in [6, 6.07) is 13.9. The molecule has 0 N–H and O–H groups in total. The Bertz CT molecular complexity index is 661. The zero-order valence-corrected chi connectivity index (χ0v) is 10.5. The molecule has 0 bridgehead atoms. The van der Waals surface area contributed by atoms with Crippen molar-refractivity contribution in [2.24, 2.45) is 0 Å². The van der Waals surface area contributed by atoms with E-state index in [9.17, 15) is 0 Å². The molecule has 2 heterocycles. The summed E-state index contributed by atoms with van der Waals surface area (Å²) in [6.07, 6.45) is 2.66. The van der Waals surface area contributed by atoms with Crippen LogP contribution in [0.5, 0.6) is 0 Å². The molecule has 0 spiro atoms. The summed E-state index contributed by atoms with van der Waals surface area (Å²) in [5, 5.41) is 0.534. The molecule has 0 aliphatic rings. The first-order valence-electron chi connectivity index (χ1n) is 5.85. The van der Waals surface area contributed by atoms with Crippen molar-refractivity contribution in [1.82, 2.24) is 14.5 Å². The number of para-hydroxylation sites is 2. The Morgan fingerprint density at radius 3 is 2.72 bits per heavy atom. The molecule has 0 saturated carbocycles. The van der Waals surface area contributed by atoms with Crippen LogP contribution in [0.2, 0.25) is 5.28 Å². The second kappa shape index (κ2) is 4.78. The van der Waals surface area contributed by atoms with Crippen LogP contribution in [0.1, 0.15) is 5.69 Å². The van der Waals surface area contributed by atoms with Gasteiger partial charge in [-0.2, -0.15) is 0 Å². The van der Waals surface area contributed by atoms with Crippen LogP contribution in [0, 0.1) is 0 Å². The van der Waals surface area contributed by atoms with Gasteiger partial charge in [-0.1, -0.05) is 18.2 Å². The highest BCUT2D eigenvalue weighted by Crippen LogP contribution is 2.19. The van der Waals surface area contributed by atoms with Crippen molar-refractivity contribution >= 4 is 22.6 Å². The van der Waals surface area contributed by atoms with Gasteiger partial charge in [0, 0.05) is 24.9 Å². The zero-order valence-electron chi connectivity index (χ0n) is 9.75. The number of hydrogen-bond donors (Lipinski definition) is 0. The Morgan fingerprint density at radius 2 is 1.89 bits per heavy atom. The topological polar surface area (TPSA) is 30.7 Å². The molecule has 0 atom stereocenters. The Hall–Kier alpha value is -1.87. The van der Waals surface area contributed by atoms with Gasteiger partial charge in [-0.3, -0.25) is 4.98 Å². The monoisotopic (exact) mass is 257 g/mol. The van der Waals surface area contributed by atoms with E-state index in [1.807, 2.05) is 53.2 Å². The van der Waals surface area contributed by atoms with E-state index in [1.165, 1.54) is 0 Å². The zero-order chi connectivity index (χ0) is 12.4. The van der Waals surface area contributed by atoms with Gasteiger partial charge in [0.2, 0.25) is 5.28 Å². The number of benzene rings is 1. The summed E-state index contributed by atoms with van der Waals surface area (Å²) in [7, 11) is 0. The Morgan fingerprint density at radius 1 is 1.06 bits per heavy atom. The van der Waals surface area contributed by atoms with Crippen molar-refractivity contribution in [3.8, 4) is 0 Å². The number of aryl methyl sites for hydroxylation is 2. The van der Waals surface area contributed by atoms with Crippen LogP contribution < -0.4 is 0 Å². The molecule has 0 aliphatic heterocycles. The first-order valence-corrected chi connectivity index (χ1v) is 6.23. The molecule has 0 radical (unpaired) electrons. The predicted octanol–water partition coefficient (Wildman–Crippen LogP) is 3.33. The molecule has 0 unspecified atom stereocenters. The molecule has 3 rings (SSSR count). The van der Waals surface area contributed by atoms with E-state index in [-0.39, 0.29) is 0 Å². The molecule has 2 aromatic heterocycles. The van der Waals surface area contributed by atoms with Crippen LogP contribution in [0.4, 0.5) is 0 Å². The van der Waals surface area contributed by atoms with Crippen molar-refractivity contribution in [3.05, 3.63) is 59.6 Å². The van der Waals surface area contributed by atoms with Crippen LogP contribution in [0.25, 0.3) is 11.0 Å². The SMILES string of the molecule is Clc1nc2ccccc2n1CCc1ccccn1. The summed E-state index contributed by atoms with van der Waals surface area (Å²) in [6.45, 7) is 0.788. The average Bonchev–Trinajstić information content (AvgIpc) is 2.73. The van der Waals surface area contributed by atoms with Crippen molar-refractivity contribution in [2.75, 3.05) is 0 Å². The van der Waals surface area contributed by atoms with Crippen LogP contribution >= 0.6 is 11.6 Å². The molecule has 90 valence electrons. The molecular formula is C14H12ClN3.